The maximum Gasteiger partial charge on any atom is 0.295 e. The Kier molecular flexibility index (Phi) is 5.20. The van der Waals surface area contributed by atoms with Crippen LogP contribution in [-0.4, -0.2) is 42.8 Å². The van der Waals surface area contributed by atoms with Gasteiger partial charge in [-0.2, -0.15) is 0 Å². The first-order chi connectivity index (χ1) is 14.2. The Morgan fingerprint density at radius 3 is 2.52 bits per heavy atom. The molecule has 29 heavy (non-hydrogen) atoms. The van der Waals surface area contributed by atoms with Gasteiger partial charge in [0.1, 0.15) is 5.76 Å². The van der Waals surface area contributed by atoms with E-state index in [-0.39, 0.29) is 11.3 Å². The van der Waals surface area contributed by atoms with Gasteiger partial charge in [0, 0.05) is 43.4 Å². The number of ketones is 1. The SMILES string of the molecule is O=C1C(=O)N(CCCn2ccnc2)[C@@H](c2cccnc2)/C1=C(\O)c1ccccc1. The summed E-state index contributed by atoms with van der Waals surface area (Å²) in [6, 6.07) is 11.7. The molecule has 4 rings (SSSR count). The minimum atomic E-state index is -0.678. The topological polar surface area (TPSA) is 88.3 Å². The summed E-state index contributed by atoms with van der Waals surface area (Å²) in [6.07, 6.45) is 9.15. The minimum Gasteiger partial charge on any atom is -0.507 e. The van der Waals surface area contributed by atoms with E-state index in [1.165, 1.54) is 4.90 Å². The molecule has 1 aliphatic rings. The molecule has 1 atom stereocenters. The number of carbonyl (C=O) groups is 2. The average molecular weight is 388 g/mol. The fraction of sp³-hybridized carbons (Fsp3) is 0.182. The van der Waals surface area contributed by atoms with Gasteiger partial charge in [0.25, 0.3) is 11.7 Å². The third-order valence-corrected chi connectivity index (χ3v) is 4.96. The molecule has 1 N–H and O–H groups in total. The van der Waals surface area contributed by atoms with Gasteiger partial charge >= 0.3 is 0 Å². The van der Waals surface area contributed by atoms with Crippen LogP contribution < -0.4 is 0 Å². The molecule has 2 aromatic heterocycles. The molecule has 146 valence electrons. The lowest BCUT2D eigenvalue weighted by Crippen LogP contribution is -2.31. The molecule has 1 aromatic carbocycles. The van der Waals surface area contributed by atoms with Gasteiger partial charge in [0.05, 0.1) is 17.9 Å². The summed E-state index contributed by atoms with van der Waals surface area (Å²) in [7, 11) is 0. The molecule has 0 saturated carbocycles. The number of aliphatic hydroxyl groups is 1. The minimum absolute atomic E-state index is 0.0943. The summed E-state index contributed by atoms with van der Waals surface area (Å²) in [5.41, 5.74) is 1.28. The molecule has 3 heterocycles. The summed E-state index contributed by atoms with van der Waals surface area (Å²) >= 11 is 0. The fourth-order valence-electron chi connectivity index (χ4n) is 3.59. The summed E-state index contributed by atoms with van der Waals surface area (Å²) in [4.78, 5) is 35.3. The van der Waals surface area contributed by atoms with Crippen LogP contribution in [0.5, 0.6) is 0 Å². The van der Waals surface area contributed by atoms with E-state index < -0.39 is 17.7 Å². The molecule has 0 aliphatic carbocycles. The fourth-order valence-corrected chi connectivity index (χ4v) is 3.59. The molecule has 1 saturated heterocycles. The molecule has 0 radical (unpaired) electrons. The van der Waals surface area contributed by atoms with Gasteiger partial charge in [-0.05, 0) is 18.1 Å². The Labute approximate surface area is 168 Å². The van der Waals surface area contributed by atoms with Gasteiger partial charge in [0.15, 0.2) is 0 Å². The molecule has 7 nitrogen and oxygen atoms in total. The van der Waals surface area contributed by atoms with E-state index >= 15 is 0 Å². The standard InChI is InChI=1S/C22H20N4O3/c27-20(16-6-2-1-3-7-16)18-19(17-8-4-9-23-14-17)26(22(29)21(18)28)12-5-11-25-13-10-24-15-25/h1-4,6-10,13-15,19,27H,5,11-12H2/b20-18+/t19-/m0/s1. The lowest BCUT2D eigenvalue weighted by molar-refractivity contribution is -0.139. The number of nitrogens with zero attached hydrogens (tertiary/aromatic N) is 4. The van der Waals surface area contributed by atoms with Crippen molar-refractivity contribution in [3.63, 3.8) is 0 Å². The highest BCUT2D eigenvalue weighted by Crippen LogP contribution is 2.39. The maximum absolute atomic E-state index is 12.9. The number of aromatic nitrogens is 3. The molecular formula is C22H20N4O3. The van der Waals surface area contributed by atoms with Crippen molar-refractivity contribution >= 4 is 17.4 Å². The summed E-state index contributed by atoms with van der Waals surface area (Å²) in [6.45, 7) is 1.04. The highest BCUT2D eigenvalue weighted by molar-refractivity contribution is 6.46. The lowest BCUT2D eigenvalue weighted by Gasteiger charge is -2.25. The zero-order valence-corrected chi connectivity index (χ0v) is 15.7. The third kappa shape index (κ3) is 3.67. The Morgan fingerprint density at radius 1 is 1.00 bits per heavy atom. The summed E-state index contributed by atoms with van der Waals surface area (Å²) in [5.74, 6) is -1.46. The number of amides is 1. The quantitative estimate of drug-likeness (QED) is 0.399. The third-order valence-electron chi connectivity index (χ3n) is 4.96. The zero-order chi connectivity index (χ0) is 20.2. The number of aryl methyl sites for hydroxylation is 1. The van der Waals surface area contributed by atoms with Crippen molar-refractivity contribution in [1.29, 1.82) is 0 Å². The van der Waals surface area contributed by atoms with Crippen molar-refractivity contribution in [2.75, 3.05) is 6.54 Å². The van der Waals surface area contributed by atoms with Crippen molar-refractivity contribution in [3.05, 3.63) is 90.3 Å². The molecule has 1 amide bonds. The van der Waals surface area contributed by atoms with Crippen LogP contribution in [0.15, 0.2) is 79.2 Å². The highest BCUT2D eigenvalue weighted by Gasteiger charge is 2.45. The predicted molar refractivity (Wildman–Crippen MR) is 107 cm³/mol. The summed E-state index contributed by atoms with van der Waals surface area (Å²) in [5, 5.41) is 10.9. The Balaban J connectivity index is 1.70. The van der Waals surface area contributed by atoms with Gasteiger partial charge in [0.2, 0.25) is 0 Å². The normalized spacial score (nSPS) is 18.3. The number of pyridine rings is 1. The van der Waals surface area contributed by atoms with E-state index in [0.29, 0.717) is 30.6 Å². The van der Waals surface area contributed by atoms with E-state index in [2.05, 4.69) is 9.97 Å². The second-order valence-electron chi connectivity index (χ2n) is 6.80. The Bertz CT molecular complexity index is 1030. The number of aliphatic hydroxyl groups excluding tert-OH is 1. The van der Waals surface area contributed by atoms with Gasteiger partial charge in [-0.1, -0.05) is 36.4 Å². The van der Waals surface area contributed by atoms with E-state index in [1.54, 1.807) is 55.2 Å². The van der Waals surface area contributed by atoms with Crippen LogP contribution in [0.2, 0.25) is 0 Å². The number of likely N-dealkylation sites (tertiary alicyclic amines) is 1. The van der Waals surface area contributed by atoms with Crippen molar-refractivity contribution in [2.45, 2.75) is 19.0 Å². The van der Waals surface area contributed by atoms with Crippen LogP contribution >= 0.6 is 0 Å². The molecule has 1 aliphatic heterocycles. The van der Waals surface area contributed by atoms with Gasteiger partial charge < -0.3 is 14.6 Å². The second kappa shape index (κ2) is 8.10. The van der Waals surface area contributed by atoms with Crippen molar-refractivity contribution < 1.29 is 14.7 Å². The van der Waals surface area contributed by atoms with Crippen LogP contribution in [0.4, 0.5) is 0 Å². The number of imidazole rings is 1. The van der Waals surface area contributed by atoms with Crippen molar-refractivity contribution in [3.8, 4) is 0 Å². The number of hydrogen-bond donors (Lipinski definition) is 1. The number of hydrogen-bond acceptors (Lipinski definition) is 5. The number of carbonyl (C=O) groups excluding carboxylic acids is 2. The lowest BCUT2D eigenvalue weighted by atomic mass is 9.96. The Morgan fingerprint density at radius 2 is 1.83 bits per heavy atom. The largest absolute Gasteiger partial charge is 0.507 e. The number of rotatable bonds is 6. The first-order valence-corrected chi connectivity index (χ1v) is 9.36. The smallest absolute Gasteiger partial charge is 0.295 e. The van der Waals surface area contributed by atoms with Gasteiger partial charge in [-0.3, -0.25) is 14.6 Å². The van der Waals surface area contributed by atoms with E-state index in [9.17, 15) is 14.7 Å². The monoisotopic (exact) mass is 388 g/mol. The average Bonchev–Trinajstić information content (AvgIpc) is 3.37. The molecule has 0 spiro atoms. The second-order valence-corrected chi connectivity index (χ2v) is 6.80. The molecule has 0 bridgehead atoms. The highest BCUT2D eigenvalue weighted by atomic mass is 16.3. The maximum atomic E-state index is 12.9. The van der Waals surface area contributed by atoms with E-state index in [4.69, 9.17) is 0 Å². The summed E-state index contributed by atoms with van der Waals surface area (Å²) < 4.78 is 1.92. The first-order valence-electron chi connectivity index (χ1n) is 9.36. The molecule has 7 heteroatoms. The van der Waals surface area contributed by atoms with Gasteiger partial charge in [-0.15, -0.1) is 0 Å². The molecule has 0 unspecified atom stereocenters. The van der Waals surface area contributed by atoms with E-state index in [0.717, 1.165) is 0 Å². The van der Waals surface area contributed by atoms with Crippen LogP contribution in [0, 0.1) is 0 Å². The van der Waals surface area contributed by atoms with E-state index in [1.807, 2.05) is 22.9 Å². The number of benzene rings is 1. The number of Topliss-reactive ketones (excluding diaryl/α,β-unsaturated/α-hetero) is 1. The van der Waals surface area contributed by atoms with Crippen LogP contribution in [-0.2, 0) is 16.1 Å². The van der Waals surface area contributed by atoms with Crippen LogP contribution in [0.25, 0.3) is 5.76 Å². The first kappa shape index (κ1) is 18.6. The van der Waals surface area contributed by atoms with Crippen molar-refractivity contribution in [2.24, 2.45) is 0 Å². The molecular weight excluding hydrogens is 368 g/mol. The van der Waals surface area contributed by atoms with Crippen LogP contribution in [0.3, 0.4) is 0 Å². The van der Waals surface area contributed by atoms with Crippen LogP contribution in [0.1, 0.15) is 23.6 Å². The van der Waals surface area contributed by atoms with Crippen molar-refractivity contribution in [1.82, 2.24) is 19.4 Å². The van der Waals surface area contributed by atoms with Gasteiger partial charge in [-0.25, -0.2) is 4.98 Å². The predicted octanol–water partition coefficient (Wildman–Crippen LogP) is 2.79. The zero-order valence-electron chi connectivity index (χ0n) is 15.7. The Hall–Kier alpha value is -3.74. The molecule has 1 fully saturated rings. The molecule has 3 aromatic rings.